The second-order valence-electron chi connectivity index (χ2n) is 6.89. The highest BCUT2D eigenvalue weighted by Gasteiger charge is 2.21. The molecule has 0 radical (unpaired) electrons. The Morgan fingerprint density at radius 3 is 2.88 bits per heavy atom. The summed E-state index contributed by atoms with van der Waals surface area (Å²) < 4.78 is 5.25. The number of hydrogen-bond donors (Lipinski definition) is 2. The van der Waals surface area contributed by atoms with E-state index in [9.17, 15) is 4.79 Å². The highest BCUT2D eigenvalue weighted by atomic mass is 32.1. The van der Waals surface area contributed by atoms with E-state index in [-0.39, 0.29) is 5.91 Å². The SMILES string of the molecule is COc1cscc1C(=O)Nc1ccc2[nH]cc(C3CCN(C)CC3)c2c1. The monoisotopic (exact) mass is 369 g/mol. The number of fused-ring (bicyclic) bond motifs is 1. The van der Waals surface area contributed by atoms with Gasteiger partial charge in [-0.05, 0) is 62.7 Å². The Bertz CT molecular complexity index is 922. The molecule has 1 aromatic carbocycles. The fourth-order valence-corrected chi connectivity index (χ4v) is 4.46. The third-order valence-corrected chi connectivity index (χ3v) is 5.94. The van der Waals surface area contributed by atoms with Crippen molar-refractivity contribution in [3.8, 4) is 5.75 Å². The van der Waals surface area contributed by atoms with E-state index < -0.39 is 0 Å². The van der Waals surface area contributed by atoms with Crippen molar-refractivity contribution in [2.24, 2.45) is 0 Å². The number of piperidine rings is 1. The highest BCUT2D eigenvalue weighted by Crippen LogP contribution is 2.34. The number of rotatable bonds is 4. The number of ether oxygens (including phenoxy) is 1. The fourth-order valence-electron chi connectivity index (χ4n) is 3.68. The molecule has 136 valence electrons. The first-order valence-corrected chi connectivity index (χ1v) is 9.81. The summed E-state index contributed by atoms with van der Waals surface area (Å²) in [5.41, 5.74) is 3.86. The summed E-state index contributed by atoms with van der Waals surface area (Å²) in [5.74, 6) is 1.05. The van der Waals surface area contributed by atoms with Crippen LogP contribution in [0.1, 0.15) is 34.7 Å². The lowest BCUT2D eigenvalue weighted by Gasteiger charge is -2.28. The van der Waals surface area contributed by atoms with Gasteiger partial charge in [0.2, 0.25) is 0 Å². The molecular formula is C20H23N3O2S. The molecule has 26 heavy (non-hydrogen) atoms. The molecule has 1 amide bonds. The summed E-state index contributed by atoms with van der Waals surface area (Å²) in [6, 6.07) is 6.05. The minimum atomic E-state index is -0.140. The van der Waals surface area contributed by atoms with Crippen LogP contribution in [0.15, 0.2) is 35.2 Å². The first-order chi connectivity index (χ1) is 12.7. The fraction of sp³-hybridized carbons (Fsp3) is 0.350. The van der Waals surface area contributed by atoms with Crippen LogP contribution in [0.4, 0.5) is 5.69 Å². The lowest BCUT2D eigenvalue weighted by atomic mass is 9.89. The largest absolute Gasteiger partial charge is 0.495 e. The molecule has 0 bridgehead atoms. The van der Waals surface area contributed by atoms with Crippen molar-refractivity contribution in [1.82, 2.24) is 9.88 Å². The maximum absolute atomic E-state index is 12.6. The molecule has 1 aliphatic heterocycles. The number of anilines is 1. The molecule has 1 aliphatic rings. The van der Waals surface area contributed by atoms with Crippen LogP contribution in [0.2, 0.25) is 0 Å². The first-order valence-electron chi connectivity index (χ1n) is 8.87. The molecule has 6 heteroatoms. The van der Waals surface area contributed by atoms with E-state index in [1.54, 1.807) is 7.11 Å². The summed E-state index contributed by atoms with van der Waals surface area (Å²) in [4.78, 5) is 18.3. The van der Waals surface area contributed by atoms with Crippen LogP contribution >= 0.6 is 11.3 Å². The van der Waals surface area contributed by atoms with Gasteiger partial charge in [-0.25, -0.2) is 0 Å². The number of nitrogens with one attached hydrogen (secondary N) is 2. The molecule has 0 unspecified atom stereocenters. The van der Waals surface area contributed by atoms with Gasteiger partial charge in [-0.1, -0.05) is 0 Å². The third-order valence-electron chi connectivity index (χ3n) is 5.22. The Hall–Kier alpha value is -2.31. The van der Waals surface area contributed by atoms with E-state index in [2.05, 4.69) is 34.5 Å². The zero-order valence-corrected chi connectivity index (χ0v) is 15.9. The number of aromatic nitrogens is 1. The Kier molecular flexibility index (Phi) is 4.70. The maximum atomic E-state index is 12.6. The summed E-state index contributed by atoms with van der Waals surface area (Å²) >= 11 is 1.46. The van der Waals surface area contributed by atoms with Crippen LogP contribution in [0, 0.1) is 0 Å². The van der Waals surface area contributed by atoms with Crippen LogP contribution in [-0.2, 0) is 0 Å². The molecule has 0 aliphatic carbocycles. The van der Waals surface area contributed by atoms with Gasteiger partial charge in [0.1, 0.15) is 5.75 Å². The van der Waals surface area contributed by atoms with Gasteiger partial charge in [-0.2, -0.15) is 0 Å². The second kappa shape index (κ2) is 7.13. The van der Waals surface area contributed by atoms with E-state index in [1.165, 1.54) is 35.1 Å². The molecule has 2 N–H and O–H groups in total. The average molecular weight is 369 g/mol. The number of carbonyl (C=O) groups is 1. The molecule has 5 nitrogen and oxygen atoms in total. The molecule has 0 atom stereocenters. The van der Waals surface area contributed by atoms with Gasteiger partial charge in [0.05, 0.1) is 12.7 Å². The molecule has 1 saturated heterocycles. The van der Waals surface area contributed by atoms with Gasteiger partial charge in [0.15, 0.2) is 0 Å². The standard InChI is InChI=1S/C20H23N3O2S/c1-23-7-5-13(6-8-23)16-10-21-18-4-3-14(9-15(16)18)22-20(24)17-11-26-12-19(17)25-2/h3-4,9-13,21H,5-8H2,1-2H3,(H,22,24). The Balaban J connectivity index is 1.59. The van der Waals surface area contributed by atoms with Crippen molar-refractivity contribution in [2.75, 3.05) is 32.6 Å². The lowest BCUT2D eigenvalue weighted by molar-refractivity contribution is 0.102. The van der Waals surface area contributed by atoms with E-state index in [1.807, 2.05) is 22.9 Å². The number of nitrogens with zero attached hydrogens (tertiary/aromatic N) is 1. The molecule has 2 aromatic heterocycles. The first kappa shape index (κ1) is 17.1. The number of carbonyl (C=O) groups excluding carboxylic acids is 1. The molecule has 0 spiro atoms. The molecule has 3 heterocycles. The predicted molar refractivity (Wildman–Crippen MR) is 107 cm³/mol. The molecular weight excluding hydrogens is 346 g/mol. The predicted octanol–water partition coefficient (Wildman–Crippen LogP) is 4.30. The summed E-state index contributed by atoms with van der Waals surface area (Å²) in [7, 11) is 3.76. The van der Waals surface area contributed by atoms with Crippen LogP contribution in [0.5, 0.6) is 5.75 Å². The van der Waals surface area contributed by atoms with Gasteiger partial charge in [0.25, 0.3) is 5.91 Å². The van der Waals surface area contributed by atoms with Gasteiger partial charge in [-0.3, -0.25) is 4.79 Å². The lowest BCUT2D eigenvalue weighted by Crippen LogP contribution is -2.29. The third kappa shape index (κ3) is 3.22. The minimum absolute atomic E-state index is 0.140. The highest BCUT2D eigenvalue weighted by molar-refractivity contribution is 7.08. The number of amides is 1. The summed E-state index contributed by atoms with van der Waals surface area (Å²) in [6.45, 7) is 2.26. The van der Waals surface area contributed by atoms with Crippen LogP contribution in [-0.4, -0.2) is 43.0 Å². The zero-order valence-electron chi connectivity index (χ0n) is 15.0. The van der Waals surface area contributed by atoms with Crippen molar-refractivity contribution in [3.05, 3.63) is 46.3 Å². The topological polar surface area (TPSA) is 57.4 Å². The zero-order chi connectivity index (χ0) is 18.1. The smallest absolute Gasteiger partial charge is 0.260 e. The summed E-state index contributed by atoms with van der Waals surface area (Å²) in [5, 5.41) is 7.86. The molecule has 3 aromatic rings. The number of H-pyrrole nitrogens is 1. The number of benzene rings is 1. The van der Waals surface area contributed by atoms with Crippen LogP contribution in [0.25, 0.3) is 10.9 Å². The second-order valence-corrected chi connectivity index (χ2v) is 7.63. The summed E-state index contributed by atoms with van der Waals surface area (Å²) in [6.07, 6.45) is 4.48. The number of thiophene rings is 1. The molecule has 4 rings (SSSR count). The van der Waals surface area contributed by atoms with Crippen molar-refractivity contribution in [2.45, 2.75) is 18.8 Å². The number of methoxy groups -OCH3 is 1. The van der Waals surface area contributed by atoms with Gasteiger partial charge < -0.3 is 19.9 Å². The number of hydrogen-bond acceptors (Lipinski definition) is 4. The van der Waals surface area contributed by atoms with Gasteiger partial charge in [0, 0.05) is 33.5 Å². The number of likely N-dealkylation sites (tertiary alicyclic amines) is 1. The van der Waals surface area contributed by atoms with Crippen LogP contribution < -0.4 is 10.1 Å². The minimum Gasteiger partial charge on any atom is -0.495 e. The van der Waals surface area contributed by atoms with Crippen molar-refractivity contribution < 1.29 is 9.53 Å². The normalized spacial score (nSPS) is 16.1. The Labute approximate surface area is 157 Å². The molecule has 1 fully saturated rings. The van der Waals surface area contributed by atoms with Gasteiger partial charge >= 0.3 is 0 Å². The van der Waals surface area contributed by atoms with Crippen molar-refractivity contribution >= 4 is 33.8 Å². The van der Waals surface area contributed by atoms with E-state index in [4.69, 9.17) is 4.74 Å². The van der Waals surface area contributed by atoms with Crippen molar-refractivity contribution in [3.63, 3.8) is 0 Å². The average Bonchev–Trinajstić information content (AvgIpc) is 3.29. The quantitative estimate of drug-likeness (QED) is 0.721. The Morgan fingerprint density at radius 2 is 2.12 bits per heavy atom. The van der Waals surface area contributed by atoms with E-state index >= 15 is 0 Å². The molecule has 0 saturated carbocycles. The van der Waals surface area contributed by atoms with E-state index in [0.717, 1.165) is 24.3 Å². The van der Waals surface area contributed by atoms with E-state index in [0.29, 0.717) is 17.2 Å². The van der Waals surface area contributed by atoms with Crippen LogP contribution in [0.3, 0.4) is 0 Å². The van der Waals surface area contributed by atoms with Crippen molar-refractivity contribution in [1.29, 1.82) is 0 Å². The Morgan fingerprint density at radius 1 is 1.31 bits per heavy atom. The number of aromatic amines is 1. The maximum Gasteiger partial charge on any atom is 0.260 e. The van der Waals surface area contributed by atoms with Gasteiger partial charge in [-0.15, -0.1) is 11.3 Å².